The van der Waals surface area contributed by atoms with E-state index in [1.54, 1.807) is 0 Å². The minimum atomic E-state index is -0.268. The number of amides is 1. The van der Waals surface area contributed by atoms with E-state index in [-0.39, 0.29) is 16.6 Å². The van der Waals surface area contributed by atoms with Crippen LogP contribution < -0.4 is 0 Å². The van der Waals surface area contributed by atoms with Gasteiger partial charge in [0.15, 0.2) is 0 Å². The molecule has 5 rings (SSSR count). The quantitative estimate of drug-likeness (QED) is 0.297. The van der Waals surface area contributed by atoms with E-state index in [0.717, 1.165) is 59.8 Å². The molecule has 0 radical (unpaired) electrons. The number of fused-ring (bicyclic) bond motifs is 1. The number of carbonyl (C=O) groups excluding carboxylic acids is 1. The number of likely N-dealkylation sites (tertiary alicyclic amines) is 1. The maximum atomic E-state index is 14.4. The average Bonchev–Trinajstić information content (AvgIpc) is 2.90. The van der Waals surface area contributed by atoms with Crippen LogP contribution in [0.1, 0.15) is 74.2 Å². The molecule has 2 heterocycles. The molecule has 184 valence electrons. The number of quaternary nitrogens is 1. The number of hydroxylamine groups is 3. The summed E-state index contributed by atoms with van der Waals surface area (Å²) in [6.45, 7) is 4.27. The summed E-state index contributed by atoms with van der Waals surface area (Å²) in [5, 5.41) is 14.8. The third-order valence-electron chi connectivity index (χ3n) is 7.95. The number of pyridine rings is 1. The Labute approximate surface area is 208 Å². The smallest absolute Gasteiger partial charge is 0.255 e. The number of rotatable bonds is 6. The van der Waals surface area contributed by atoms with Gasteiger partial charge in [0.05, 0.1) is 29.9 Å². The first kappa shape index (κ1) is 24.0. The molecule has 3 aromatic rings. The number of nitrogens with zero attached hydrogens (tertiary/aromatic N) is 3. The van der Waals surface area contributed by atoms with Crippen LogP contribution in [0.3, 0.4) is 0 Å². The second kappa shape index (κ2) is 10.5. The first-order valence-corrected chi connectivity index (χ1v) is 13.4. The van der Waals surface area contributed by atoms with Crippen molar-refractivity contribution in [2.24, 2.45) is 0 Å². The standard InChI is InChI=1S/C30H37N3O2/c1-2-32(24-16-8-4-9-17-24)30(34)28-25-18-10-11-19-27(25)31-29(23-14-6-3-7-15-23)26(28)22-33(35)20-12-5-13-21-33/h3,6-7,10-11,14-15,18-19,24H,2,4-5,8-9,12-13,16-17,20-22H2,1H3. The summed E-state index contributed by atoms with van der Waals surface area (Å²) in [6.07, 6.45) is 8.72. The van der Waals surface area contributed by atoms with Crippen molar-refractivity contribution in [3.63, 3.8) is 0 Å². The van der Waals surface area contributed by atoms with Gasteiger partial charge in [-0.15, -0.1) is 0 Å². The molecule has 0 atom stereocenters. The van der Waals surface area contributed by atoms with Gasteiger partial charge in [-0.1, -0.05) is 67.8 Å². The lowest BCUT2D eigenvalue weighted by atomic mass is 9.91. The van der Waals surface area contributed by atoms with Crippen LogP contribution >= 0.6 is 0 Å². The monoisotopic (exact) mass is 471 g/mol. The van der Waals surface area contributed by atoms with Crippen LogP contribution in [0.25, 0.3) is 22.2 Å². The molecule has 0 N–H and O–H groups in total. The van der Waals surface area contributed by atoms with Crippen molar-refractivity contribution < 1.29 is 9.44 Å². The van der Waals surface area contributed by atoms with Gasteiger partial charge in [0.2, 0.25) is 0 Å². The second-order valence-electron chi connectivity index (χ2n) is 10.3. The van der Waals surface area contributed by atoms with Crippen LogP contribution in [0.15, 0.2) is 54.6 Å². The molecule has 2 fully saturated rings. The molecule has 2 aliphatic rings. The number of carbonyl (C=O) groups is 1. The summed E-state index contributed by atoms with van der Waals surface area (Å²) in [4.78, 5) is 21.6. The Morgan fingerprint density at radius 3 is 2.31 bits per heavy atom. The van der Waals surface area contributed by atoms with E-state index in [1.807, 2.05) is 54.6 Å². The Morgan fingerprint density at radius 2 is 1.60 bits per heavy atom. The fourth-order valence-corrected chi connectivity index (χ4v) is 6.12. The molecule has 5 nitrogen and oxygen atoms in total. The zero-order chi connectivity index (χ0) is 24.3. The molecular formula is C30H37N3O2. The fourth-order valence-electron chi connectivity index (χ4n) is 6.12. The summed E-state index contributed by atoms with van der Waals surface area (Å²) in [5.41, 5.74) is 4.08. The van der Waals surface area contributed by atoms with Gasteiger partial charge in [-0.2, -0.15) is 0 Å². The highest BCUT2D eigenvalue weighted by molar-refractivity contribution is 6.09. The largest absolute Gasteiger partial charge is 0.633 e. The zero-order valence-electron chi connectivity index (χ0n) is 20.9. The van der Waals surface area contributed by atoms with Crippen LogP contribution in [-0.2, 0) is 6.54 Å². The summed E-state index contributed by atoms with van der Waals surface area (Å²) >= 11 is 0. The first-order valence-electron chi connectivity index (χ1n) is 13.4. The lowest BCUT2D eigenvalue weighted by Gasteiger charge is -2.46. The van der Waals surface area contributed by atoms with E-state index in [2.05, 4.69) is 11.8 Å². The summed E-state index contributed by atoms with van der Waals surface area (Å²) in [6, 6.07) is 18.3. The maximum Gasteiger partial charge on any atom is 0.255 e. The molecule has 1 aliphatic heterocycles. The molecule has 0 spiro atoms. The highest BCUT2D eigenvalue weighted by Gasteiger charge is 2.32. The molecule has 0 unspecified atom stereocenters. The minimum absolute atomic E-state index is 0.0637. The highest BCUT2D eigenvalue weighted by Crippen LogP contribution is 2.35. The topological polar surface area (TPSA) is 56.3 Å². The minimum Gasteiger partial charge on any atom is -0.633 e. The van der Waals surface area contributed by atoms with Crippen molar-refractivity contribution in [3.05, 3.63) is 70.9 Å². The van der Waals surface area contributed by atoms with E-state index in [0.29, 0.717) is 31.7 Å². The van der Waals surface area contributed by atoms with E-state index in [9.17, 15) is 10.0 Å². The van der Waals surface area contributed by atoms with Gasteiger partial charge < -0.3 is 14.8 Å². The molecule has 35 heavy (non-hydrogen) atoms. The number of aromatic nitrogens is 1. The van der Waals surface area contributed by atoms with Crippen LogP contribution in [0.2, 0.25) is 0 Å². The molecule has 5 heteroatoms. The predicted octanol–water partition coefficient (Wildman–Crippen LogP) is 6.70. The number of hydrogen-bond acceptors (Lipinski definition) is 3. The molecule has 1 aromatic heterocycles. The molecule has 2 aromatic carbocycles. The normalized spacial score (nSPS) is 18.5. The van der Waals surface area contributed by atoms with Gasteiger partial charge in [-0.25, -0.2) is 4.98 Å². The molecule has 0 bridgehead atoms. The Hall–Kier alpha value is -2.76. The van der Waals surface area contributed by atoms with Gasteiger partial charge in [0.25, 0.3) is 5.91 Å². The number of hydrogen-bond donors (Lipinski definition) is 0. The summed E-state index contributed by atoms with van der Waals surface area (Å²) < 4.78 is -0.268. The van der Waals surface area contributed by atoms with Gasteiger partial charge in [0.1, 0.15) is 6.54 Å². The first-order chi connectivity index (χ1) is 17.1. The van der Waals surface area contributed by atoms with Crippen molar-refractivity contribution in [3.8, 4) is 11.3 Å². The molecule has 1 saturated carbocycles. The molecule has 1 aliphatic carbocycles. The van der Waals surface area contributed by atoms with Crippen molar-refractivity contribution in [2.45, 2.75) is 70.9 Å². The van der Waals surface area contributed by atoms with Crippen LogP contribution in [-0.4, -0.2) is 46.1 Å². The lowest BCUT2D eigenvalue weighted by Crippen LogP contribution is -2.46. The molecule has 1 amide bonds. The van der Waals surface area contributed by atoms with Crippen molar-refractivity contribution in [1.29, 1.82) is 0 Å². The van der Waals surface area contributed by atoms with Crippen molar-refractivity contribution in [1.82, 2.24) is 9.88 Å². The average molecular weight is 472 g/mol. The highest BCUT2D eigenvalue weighted by atomic mass is 16.5. The van der Waals surface area contributed by atoms with Gasteiger partial charge >= 0.3 is 0 Å². The SMILES string of the molecule is CCN(C(=O)c1c(C[N+]2([O-])CCCCC2)c(-c2ccccc2)nc2ccccc12)C1CCCCC1. The third-order valence-corrected chi connectivity index (χ3v) is 7.95. The Bertz CT molecular complexity index is 1160. The van der Waals surface area contributed by atoms with Crippen LogP contribution in [0.5, 0.6) is 0 Å². The Morgan fingerprint density at radius 1 is 0.943 bits per heavy atom. The second-order valence-corrected chi connectivity index (χ2v) is 10.3. The summed E-state index contributed by atoms with van der Waals surface area (Å²) in [5.74, 6) is 0.0637. The van der Waals surface area contributed by atoms with E-state index in [1.165, 1.54) is 19.3 Å². The molecular weight excluding hydrogens is 434 g/mol. The number of benzene rings is 2. The van der Waals surface area contributed by atoms with Crippen molar-refractivity contribution in [2.75, 3.05) is 19.6 Å². The third kappa shape index (κ3) is 4.98. The number of para-hydroxylation sites is 1. The Balaban J connectivity index is 1.71. The van der Waals surface area contributed by atoms with Crippen LogP contribution in [0.4, 0.5) is 0 Å². The fraction of sp³-hybridized carbons (Fsp3) is 0.467. The Kier molecular flexibility index (Phi) is 7.17. The van der Waals surface area contributed by atoms with Gasteiger partial charge in [-0.3, -0.25) is 4.79 Å². The maximum absolute atomic E-state index is 14.4. The number of piperidine rings is 1. The zero-order valence-corrected chi connectivity index (χ0v) is 20.9. The lowest BCUT2D eigenvalue weighted by molar-refractivity contribution is -0.898. The van der Waals surface area contributed by atoms with Crippen LogP contribution in [0, 0.1) is 5.21 Å². The molecule has 1 saturated heterocycles. The van der Waals surface area contributed by atoms with Gasteiger partial charge in [-0.05, 0) is 45.1 Å². The predicted molar refractivity (Wildman–Crippen MR) is 142 cm³/mol. The summed E-state index contributed by atoms with van der Waals surface area (Å²) in [7, 11) is 0. The van der Waals surface area contributed by atoms with E-state index in [4.69, 9.17) is 4.98 Å². The van der Waals surface area contributed by atoms with E-state index < -0.39 is 0 Å². The van der Waals surface area contributed by atoms with Gasteiger partial charge in [0, 0.05) is 29.1 Å². The van der Waals surface area contributed by atoms with E-state index >= 15 is 0 Å². The van der Waals surface area contributed by atoms with Crippen molar-refractivity contribution >= 4 is 16.8 Å².